The SMILES string of the molecule is CO[C@H]1O[C@H]([C@](O)(COCc2ccccc2)P(=O)(OC)OC)[C@@H]2OC(C)(C)O[C@H]12. The third-order valence-electron chi connectivity index (χ3n) is 5.08. The zero-order valence-electron chi connectivity index (χ0n) is 17.3. The van der Waals surface area contributed by atoms with Gasteiger partial charge in [-0.1, -0.05) is 30.3 Å². The van der Waals surface area contributed by atoms with Crippen molar-refractivity contribution in [2.24, 2.45) is 0 Å². The number of aliphatic hydroxyl groups is 1. The van der Waals surface area contributed by atoms with E-state index >= 15 is 0 Å². The quantitative estimate of drug-likeness (QED) is 0.589. The minimum absolute atomic E-state index is 0.188. The maximum absolute atomic E-state index is 13.4. The molecule has 0 unspecified atom stereocenters. The normalized spacial score (nSPS) is 30.8. The maximum Gasteiger partial charge on any atom is 0.366 e. The van der Waals surface area contributed by atoms with Gasteiger partial charge in [0.15, 0.2) is 12.1 Å². The standard InChI is InChI=1S/C19H29O9P/c1-18(2)27-14-15(28-18)17(22-3)26-16(14)19(20,29(21,23-4)24-5)12-25-11-13-9-7-6-8-10-13/h6-10,14-17,20H,11-12H2,1-5H3/t14-,15+,16+,17+,19+/m1/s1. The molecule has 0 bridgehead atoms. The smallest absolute Gasteiger partial charge is 0.366 e. The molecule has 0 aromatic heterocycles. The highest BCUT2D eigenvalue weighted by Gasteiger charge is 2.67. The van der Waals surface area contributed by atoms with Crippen molar-refractivity contribution in [2.45, 2.75) is 56.2 Å². The summed E-state index contributed by atoms with van der Waals surface area (Å²) in [5, 5.41) is 9.42. The van der Waals surface area contributed by atoms with Crippen LogP contribution in [-0.2, 0) is 43.9 Å². The molecule has 29 heavy (non-hydrogen) atoms. The summed E-state index contributed by atoms with van der Waals surface area (Å²) >= 11 is 0. The van der Waals surface area contributed by atoms with Crippen LogP contribution in [0.2, 0.25) is 0 Å². The predicted molar refractivity (Wildman–Crippen MR) is 102 cm³/mol. The van der Waals surface area contributed by atoms with E-state index in [4.69, 9.17) is 32.7 Å². The topological polar surface area (TPSA) is 102 Å². The van der Waals surface area contributed by atoms with Crippen LogP contribution in [0.1, 0.15) is 19.4 Å². The number of hydrogen-bond donors (Lipinski definition) is 1. The molecule has 0 amide bonds. The molecule has 2 heterocycles. The molecule has 0 radical (unpaired) electrons. The van der Waals surface area contributed by atoms with Gasteiger partial charge in [-0.3, -0.25) is 4.57 Å². The second-order valence-corrected chi connectivity index (χ2v) is 9.94. The van der Waals surface area contributed by atoms with E-state index in [1.54, 1.807) is 13.8 Å². The Hall–Kier alpha value is -0.870. The number of rotatable bonds is 9. The molecular formula is C19H29O9P. The molecule has 9 nitrogen and oxygen atoms in total. The minimum Gasteiger partial charge on any atom is -0.374 e. The van der Waals surface area contributed by atoms with E-state index in [2.05, 4.69) is 0 Å². The van der Waals surface area contributed by atoms with Crippen molar-refractivity contribution < 1.29 is 42.4 Å². The summed E-state index contributed by atoms with van der Waals surface area (Å²) in [6.07, 6.45) is -3.35. The summed E-state index contributed by atoms with van der Waals surface area (Å²) in [6, 6.07) is 9.40. The van der Waals surface area contributed by atoms with E-state index in [0.29, 0.717) is 0 Å². The average molecular weight is 432 g/mol. The lowest BCUT2D eigenvalue weighted by Crippen LogP contribution is -2.52. The average Bonchev–Trinajstić information content (AvgIpc) is 3.20. The zero-order chi connectivity index (χ0) is 21.3. The molecule has 0 aliphatic carbocycles. The van der Waals surface area contributed by atoms with E-state index in [-0.39, 0.29) is 13.2 Å². The van der Waals surface area contributed by atoms with Gasteiger partial charge < -0.3 is 37.8 Å². The Morgan fingerprint density at radius 1 is 1.10 bits per heavy atom. The molecular weight excluding hydrogens is 403 g/mol. The molecule has 2 saturated heterocycles. The first-order valence-corrected chi connectivity index (χ1v) is 10.8. The van der Waals surface area contributed by atoms with E-state index in [0.717, 1.165) is 5.56 Å². The van der Waals surface area contributed by atoms with Crippen LogP contribution in [0.4, 0.5) is 0 Å². The predicted octanol–water partition coefficient (Wildman–Crippen LogP) is 2.27. The van der Waals surface area contributed by atoms with Gasteiger partial charge in [0.05, 0.1) is 13.2 Å². The van der Waals surface area contributed by atoms with Crippen LogP contribution in [0, 0.1) is 0 Å². The first-order chi connectivity index (χ1) is 13.7. The largest absolute Gasteiger partial charge is 0.374 e. The number of hydrogen-bond acceptors (Lipinski definition) is 9. The van der Waals surface area contributed by atoms with Gasteiger partial charge in [-0.25, -0.2) is 0 Å². The fourth-order valence-corrected chi connectivity index (χ4v) is 5.27. The summed E-state index contributed by atoms with van der Waals surface area (Å²) < 4.78 is 52.3. The molecule has 1 aromatic carbocycles. The number of methoxy groups -OCH3 is 1. The third-order valence-corrected chi connectivity index (χ3v) is 7.37. The Kier molecular flexibility index (Phi) is 6.85. The lowest BCUT2D eigenvalue weighted by Gasteiger charge is -2.38. The Bertz CT molecular complexity index is 720. The molecule has 0 saturated carbocycles. The van der Waals surface area contributed by atoms with E-state index in [1.165, 1.54) is 21.3 Å². The van der Waals surface area contributed by atoms with Crippen LogP contribution < -0.4 is 0 Å². The molecule has 5 atom stereocenters. The highest BCUT2D eigenvalue weighted by Crippen LogP contribution is 2.62. The maximum atomic E-state index is 13.4. The fraction of sp³-hybridized carbons (Fsp3) is 0.684. The van der Waals surface area contributed by atoms with Gasteiger partial charge >= 0.3 is 7.60 Å². The molecule has 2 aliphatic rings. The summed E-state index contributed by atoms with van der Waals surface area (Å²) in [6.45, 7) is 3.29. The summed E-state index contributed by atoms with van der Waals surface area (Å²) in [7, 11) is -0.239. The highest BCUT2D eigenvalue weighted by molar-refractivity contribution is 7.55. The van der Waals surface area contributed by atoms with Crippen LogP contribution in [0.25, 0.3) is 0 Å². The number of ether oxygens (including phenoxy) is 5. The third kappa shape index (κ3) is 4.30. The van der Waals surface area contributed by atoms with Crippen LogP contribution in [-0.4, -0.2) is 68.8 Å². The lowest BCUT2D eigenvalue weighted by molar-refractivity contribution is -0.246. The van der Waals surface area contributed by atoms with Gasteiger partial charge in [-0.05, 0) is 19.4 Å². The second kappa shape index (κ2) is 8.70. The highest BCUT2D eigenvalue weighted by atomic mass is 31.2. The van der Waals surface area contributed by atoms with Crippen molar-refractivity contribution in [3.63, 3.8) is 0 Å². The Morgan fingerprint density at radius 3 is 2.31 bits per heavy atom. The van der Waals surface area contributed by atoms with Crippen molar-refractivity contribution in [1.29, 1.82) is 0 Å². The van der Waals surface area contributed by atoms with Crippen LogP contribution in [0.3, 0.4) is 0 Å². The Balaban J connectivity index is 1.87. The van der Waals surface area contributed by atoms with Crippen LogP contribution in [0.5, 0.6) is 0 Å². The monoisotopic (exact) mass is 432 g/mol. The minimum atomic E-state index is -4.09. The second-order valence-electron chi connectivity index (χ2n) is 7.45. The first-order valence-electron chi connectivity index (χ1n) is 9.29. The first kappa shape index (κ1) is 22.8. The summed E-state index contributed by atoms with van der Waals surface area (Å²) in [4.78, 5) is 0. The van der Waals surface area contributed by atoms with Gasteiger partial charge in [0.25, 0.3) is 0 Å². The summed E-state index contributed by atoms with van der Waals surface area (Å²) in [5.41, 5.74) is 0.890. The van der Waals surface area contributed by atoms with Crippen LogP contribution >= 0.6 is 7.60 Å². The van der Waals surface area contributed by atoms with Gasteiger partial charge in [0, 0.05) is 21.3 Å². The molecule has 164 valence electrons. The van der Waals surface area contributed by atoms with Crippen molar-refractivity contribution in [3.8, 4) is 0 Å². The lowest BCUT2D eigenvalue weighted by atomic mass is 10.1. The molecule has 2 aliphatic heterocycles. The number of fused-ring (bicyclic) bond motifs is 1. The molecule has 1 aromatic rings. The molecule has 10 heteroatoms. The summed E-state index contributed by atoms with van der Waals surface area (Å²) in [5.74, 6) is -0.927. The molecule has 3 rings (SSSR count). The van der Waals surface area contributed by atoms with Gasteiger partial charge in [-0.2, -0.15) is 0 Å². The van der Waals surface area contributed by atoms with Crippen molar-refractivity contribution >= 4 is 7.60 Å². The fourth-order valence-electron chi connectivity index (χ4n) is 3.72. The zero-order valence-corrected chi connectivity index (χ0v) is 18.2. The van der Waals surface area contributed by atoms with E-state index in [9.17, 15) is 9.67 Å². The van der Waals surface area contributed by atoms with Crippen molar-refractivity contribution in [3.05, 3.63) is 35.9 Å². The van der Waals surface area contributed by atoms with E-state index in [1.807, 2.05) is 30.3 Å². The van der Waals surface area contributed by atoms with Crippen molar-refractivity contribution in [1.82, 2.24) is 0 Å². The van der Waals surface area contributed by atoms with Crippen LogP contribution in [0.15, 0.2) is 30.3 Å². The van der Waals surface area contributed by atoms with Crippen molar-refractivity contribution in [2.75, 3.05) is 27.9 Å². The molecule has 1 N–H and O–H groups in total. The van der Waals surface area contributed by atoms with Gasteiger partial charge in [0.1, 0.15) is 18.3 Å². The van der Waals surface area contributed by atoms with E-state index < -0.39 is 43.3 Å². The Labute approximate surface area is 170 Å². The number of benzene rings is 1. The molecule has 2 fully saturated rings. The Morgan fingerprint density at radius 2 is 1.72 bits per heavy atom. The molecule has 0 spiro atoms. The van der Waals surface area contributed by atoms with Gasteiger partial charge in [-0.15, -0.1) is 0 Å². The van der Waals surface area contributed by atoms with Gasteiger partial charge in [0.2, 0.25) is 5.34 Å².